The molecule has 19 heavy (non-hydrogen) atoms. The monoisotopic (exact) mass is 264 g/mol. The van der Waals surface area contributed by atoms with Crippen molar-refractivity contribution in [1.82, 2.24) is 9.71 Å². The fourth-order valence-electron chi connectivity index (χ4n) is 2.02. The largest absolute Gasteiger partial charge is 0.428 e. The van der Waals surface area contributed by atoms with E-state index in [-0.39, 0.29) is 18.6 Å². The van der Waals surface area contributed by atoms with Crippen LogP contribution in [0.25, 0.3) is 11.4 Å². The Morgan fingerprint density at radius 2 is 1.89 bits per heavy atom. The molecule has 0 saturated carbocycles. The van der Waals surface area contributed by atoms with Gasteiger partial charge in [0.05, 0.1) is 30.5 Å². The molecule has 2 aliphatic rings. The van der Waals surface area contributed by atoms with Gasteiger partial charge in [0.25, 0.3) is 0 Å². The lowest BCUT2D eigenvalue weighted by Crippen LogP contribution is -2.31. The molecule has 0 unspecified atom stereocenters. The van der Waals surface area contributed by atoms with Crippen molar-refractivity contribution in [2.45, 2.75) is 0 Å². The molecule has 0 aromatic rings. The number of hydrogen-bond acceptors (Lipinski definition) is 6. The van der Waals surface area contributed by atoms with Crippen LogP contribution in [0.4, 0.5) is 5.69 Å². The number of aliphatic hydroxyl groups is 2. The van der Waals surface area contributed by atoms with Gasteiger partial charge in [-0.1, -0.05) is 0 Å². The minimum absolute atomic E-state index is 0.0736. The summed E-state index contributed by atoms with van der Waals surface area (Å²) < 4.78 is 0.900. The summed E-state index contributed by atoms with van der Waals surface area (Å²) in [6, 6.07) is 3.25. The molecule has 7 heteroatoms. The maximum Gasteiger partial charge on any atom is 0.130 e. The minimum atomic E-state index is -0.0736. The van der Waals surface area contributed by atoms with Crippen LogP contribution in [0, 0.1) is 5.41 Å². The van der Waals surface area contributed by atoms with Crippen LogP contribution in [-0.2, 0) is 0 Å². The van der Waals surface area contributed by atoms with E-state index >= 15 is 0 Å². The summed E-state index contributed by atoms with van der Waals surface area (Å²) in [6.07, 6.45) is 2.79. The average Bonchev–Trinajstić information content (AvgIpc) is 2.40. The van der Waals surface area contributed by atoms with E-state index in [1.54, 1.807) is 17.0 Å². The number of benzene rings is 1. The number of nitrogens with zero attached hydrogens (tertiary/aromatic N) is 3. The number of fused-ring (bicyclic) bond motifs is 1. The Labute approximate surface area is 109 Å². The Kier molecular flexibility index (Phi) is 3.98. The molecule has 7 nitrogen and oxygen atoms in total. The Bertz CT molecular complexity index is 578. The first-order valence-corrected chi connectivity index (χ1v) is 5.90. The van der Waals surface area contributed by atoms with Gasteiger partial charge in [-0.05, 0) is 12.1 Å². The first-order chi connectivity index (χ1) is 9.19. The predicted molar refractivity (Wildman–Crippen MR) is 68.3 cm³/mol. The standard InChI is InChI=1S/C12H16N4O3/c13-9-1-2-10(15(5-7-17)6-8-18)12-11(9)14-3-4-16(12)19/h1-4,13,17-19H,5-8H2. The lowest BCUT2D eigenvalue weighted by atomic mass is 10.1. The van der Waals surface area contributed by atoms with Gasteiger partial charge in [-0.15, -0.1) is 0 Å². The van der Waals surface area contributed by atoms with E-state index in [1.807, 2.05) is 0 Å². The van der Waals surface area contributed by atoms with Gasteiger partial charge in [0, 0.05) is 19.3 Å². The highest BCUT2D eigenvalue weighted by Gasteiger charge is 2.18. The minimum Gasteiger partial charge on any atom is -0.428 e. The van der Waals surface area contributed by atoms with Crippen molar-refractivity contribution < 1.29 is 15.4 Å². The zero-order chi connectivity index (χ0) is 13.8. The van der Waals surface area contributed by atoms with E-state index < -0.39 is 0 Å². The van der Waals surface area contributed by atoms with E-state index in [9.17, 15) is 5.21 Å². The molecule has 0 radical (unpaired) electrons. The van der Waals surface area contributed by atoms with E-state index in [4.69, 9.17) is 15.6 Å². The second kappa shape index (κ2) is 5.68. The van der Waals surface area contributed by atoms with Crippen LogP contribution in [0.15, 0.2) is 24.5 Å². The topological polar surface area (TPSA) is 106 Å². The summed E-state index contributed by atoms with van der Waals surface area (Å²) in [4.78, 5) is 5.82. The molecule has 0 aromatic carbocycles. The van der Waals surface area contributed by atoms with Crippen molar-refractivity contribution in [1.29, 1.82) is 5.41 Å². The molecule has 4 N–H and O–H groups in total. The van der Waals surface area contributed by atoms with Crippen LogP contribution in [0.2, 0.25) is 0 Å². The molecule has 0 bridgehead atoms. The van der Waals surface area contributed by atoms with Crippen LogP contribution in [-0.4, -0.2) is 51.4 Å². The summed E-state index contributed by atoms with van der Waals surface area (Å²) in [5.41, 5.74) is 1.37. The Morgan fingerprint density at radius 1 is 1.21 bits per heavy atom. The molecular formula is C12H16N4O3. The third-order valence-electron chi connectivity index (χ3n) is 2.85. The molecule has 0 saturated heterocycles. The van der Waals surface area contributed by atoms with E-state index in [2.05, 4.69) is 4.98 Å². The summed E-state index contributed by atoms with van der Waals surface area (Å²) in [5, 5.41) is 36.1. The second-order valence-corrected chi connectivity index (χ2v) is 4.04. The first kappa shape index (κ1) is 13.3. The maximum absolute atomic E-state index is 9.90. The van der Waals surface area contributed by atoms with Crippen molar-refractivity contribution in [3.63, 3.8) is 0 Å². The molecule has 102 valence electrons. The number of rotatable bonds is 5. The molecule has 2 rings (SSSR count). The van der Waals surface area contributed by atoms with Gasteiger partial charge in [0.1, 0.15) is 11.4 Å². The quantitative estimate of drug-likeness (QED) is 0.545. The summed E-state index contributed by atoms with van der Waals surface area (Å²) in [6.45, 7) is 0.495. The van der Waals surface area contributed by atoms with Crippen LogP contribution in [0.1, 0.15) is 0 Å². The van der Waals surface area contributed by atoms with E-state index in [0.717, 1.165) is 4.73 Å². The molecule has 1 aliphatic carbocycles. The van der Waals surface area contributed by atoms with Crippen molar-refractivity contribution in [2.24, 2.45) is 0 Å². The third-order valence-corrected chi connectivity index (χ3v) is 2.85. The lowest BCUT2D eigenvalue weighted by Gasteiger charge is -2.26. The van der Waals surface area contributed by atoms with Gasteiger partial charge in [-0.25, -0.2) is 0 Å². The van der Waals surface area contributed by atoms with Gasteiger partial charge in [0.2, 0.25) is 0 Å². The molecule has 0 fully saturated rings. The number of aliphatic hydroxyl groups excluding tert-OH is 2. The second-order valence-electron chi connectivity index (χ2n) is 4.04. The van der Waals surface area contributed by atoms with Crippen LogP contribution >= 0.6 is 0 Å². The number of anilines is 1. The Morgan fingerprint density at radius 3 is 2.53 bits per heavy atom. The molecule has 0 atom stereocenters. The average molecular weight is 264 g/mol. The number of hydrogen-bond donors (Lipinski definition) is 4. The summed E-state index contributed by atoms with van der Waals surface area (Å²) >= 11 is 0. The Hall–Kier alpha value is -2.12. The number of aromatic nitrogens is 2. The summed E-state index contributed by atoms with van der Waals surface area (Å²) in [5.74, 6) is 0. The van der Waals surface area contributed by atoms with Gasteiger partial charge in [-0.2, -0.15) is 4.73 Å². The highest BCUT2D eigenvalue weighted by atomic mass is 16.5. The van der Waals surface area contributed by atoms with Crippen LogP contribution in [0.3, 0.4) is 0 Å². The first-order valence-electron chi connectivity index (χ1n) is 5.90. The summed E-state index contributed by atoms with van der Waals surface area (Å²) in [7, 11) is 0. The number of nitrogens with one attached hydrogen (secondary N) is 1. The van der Waals surface area contributed by atoms with Gasteiger partial charge >= 0.3 is 0 Å². The van der Waals surface area contributed by atoms with Crippen molar-refractivity contribution in [3.8, 4) is 11.4 Å². The molecule has 0 spiro atoms. The molecule has 1 aliphatic heterocycles. The maximum atomic E-state index is 9.90. The normalized spacial score (nSPS) is 10.8. The fraction of sp³-hybridized carbons (Fsp3) is 0.333. The lowest BCUT2D eigenvalue weighted by molar-refractivity contribution is 0.188. The van der Waals surface area contributed by atoms with Crippen molar-refractivity contribution in [3.05, 3.63) is 29.9 Å². The van der Waals surface area contributed by atoms with Gasteiger partial charge in [0.15, 0.2) is 0 Å². The van der Waals surface area contributed by atoms with E-state index in [0.29, 0.717) is 30.2 Å². The van der Waals surface area contributed by atoms with Crippen LogP contribution < -0.4 is 10.3 Å². The van der Waals surface area contributed by atoms with Crippen molar-refractivity contribution in [2.75, 3.05) is 31.2 Å². The van der Waals surface area contributed by atoms with Gasteiger partial charge < -0.3 is 20.3 Å². The highest BCUT2D eigenvalue weighted by molar-refractivity contribution is 5.74. The SMILES string of the molecule is N=c1ccc(N(CCO)CCO)c2n(O)ccnc1-2. The smallest absolute Gasteiger partial charge is 0.130 e. The molecule has 1 heterocycles. The predicted octanol–water partition coefficient (Wildman–Crippen LogP) is -0.504. The Balaban J connectivity index is 2.60. The molecular weight excluding hydrogens is 248 g/mol. The fourth-order valence-corrected chi connectivity index (χ4v) is 2.02. The van der Waals surface area contributed by atoms with Gasteiger partial charge in [-0.3, -0.25) is 10.4 Å². The zero-order valence-corrected chi connectivity index (χ0v) is 10.3. The molecule has 0 amide bonds. The van der Waals surface area contributed by atoms with E-state index in [1.165, 1.54) is 12.4 Å². The third kappa shape index (κ3) is 2.51. The van der Waals surface area contributed by atoms with Crippen molar-refractivity contribution >= 4 is 5.69 Å². The van der Waals surface area contributed by atoms with Crippen LogP contribution in [0.5, 0.6) is 0 Å². The molecule has 0 aromatic heterocycles. The highest BCUT2D eigenvalue weighted by Crippen LogP contribution is 2.27. The zero-order valence-electron chi connectivity index (χ0n) is 10.3.